The summed E-state index contributed by atoms with van der Waals surface area (Å²) in [5.74, 6) is -0.642. The summed E-state index contributed by atoms with van der Waals surface area (Å²) in [7, 11) is 1.79. The molecule has 0 unspecified atom stereocenters. The maximum Gasteiger partial charge on any atom is 0.415 e. The van der Waals surface area contributed by atoms with Crippen LogP contribution in [0.2, 0.25) is 0 Å². The fourth-order valence-corrected chi connectivity index (χ4v) is 3.75. The number of amides is 2. The number of halogens is 2. The molecule has 3 N–H and O–H groups in total. The van der Waals surface area contributed by atoms with Gasteiger partial charge in [-0.15, -0.1) is 0 Å². The van der Waals surface area contributed by atoms with Crippen molar-refractivity contribution < 1.29 is 27.8 Å². The summed E-state index contributed by atoms with van der Waals surface area (Å²) in [5, 5.41) is 2.80. The van der Waals surface area contributed by atoms with Gasteiger partial charge in [-0.05, 0) is 35.9 Å². The Kier molecular flexibility index (Phi) is 6.16. The molecule has 1 aromatic heterocycles. The molecular weight excluding hydrogens is 434 g/mol. The molecule has 0 atom stereocenters. The van der Waals surface area contributed by atoms with Gasteiger partial charge in [-0.1, -0.05) is 24.3 Å². The molecule has 3 aromatic rings. The van der Waals surface area contributed by atoms with Gasteiger partial charge in [0.05, 0.1) is 17.9 Å². The average Bonchev–Trinajstić information content (AvgIpc) is 3.12. The van der Waals surface area contributed by atoms with Gasteiger partial charge < -0.3 is 30.0 Å². The van der Waals surface area contributed by atoms with Crippen molar-refractivity contribution in [1.29, 1.82) is 0 Å². The Morgan fingerprint density at radius 3 is 2.52 bits per heavy atom. The van der Waals surface area contributed by atoms with Crippen LogP contribution in [0.3, 0.4) is 0 Å². The van der Waals surface area contributed by atoms with E-state index in [0.29, 0.717) is 30.0 Å². The molecule has 1 aliphatic rings. The quantitative estimate of drug-likeness (QED) is 0.565. The SMILES string of the molecule is Cn1c(C(=O)Nc2ccccc2N)cc2c1CCN(C(=O)Oc1ccccc1OC(F)F)C2. The largest absolute Gasteiger partial charge is 0.431 e. The minimum absolute atomic E-state index is 0.0952. The number of nitrogens with two attached hydrogens (primary N) is 1. The van der Waals surface area contributed by atoms with E-state index in [4.69, 9.17) is 10.5 Å². The van der Waals surface area contributed by atoms with Crippen molar-refractivity contribution in [2.24, 2.45) is 7.05 Å². The Balaban J connectivity index is 1.48. The van der Waals surface area contributed by atoms with E-state index < -0.39 is 12.7 Å². The van der Waals surface area contributed by atoms with E-state index in [0.717, 1.165) is 11.3 Å². The number of carbonyl (C=O) groups excluding carboxylic acids is 2. The van der Waals surface area contributed by atoms with Gasteiger partial charge in [-0.25, -0.2) is 4.79 Å². The van der Waals surface area contributed by atoms with Crippen LogP contribution in [0.15, 0.2) is 54.6 Å². The van der Waals surface area contributed by atoms with Gasteiger partial charge in [0.2, 0.25) is 0 Å². The van der Waals surface area contributed by atoms with E-state index in [1.54, 1.807) is 48.0 Å². The zero-order valence-electron chi connectivity index (χ0n) is 17.8. The lowest BCUT2D eigenvalue weighted by Crippen LogP contribution is -2.38. The highest BCUT2D eigenvalue weighted by Crippen LogP contribution is 2.30. The third kappa shape index (κ3) is 4.74. The highest BCUT2D eigenvalue weighted by molar-refractivity contribution is 6.05. The number of nitrogens with zero attached hydrogens (tertiary/aromatic N) is 2. The Hall–Kier alpha value is -4.08. The van der Waals surface area contributed by atoms with Crippen LogP contribution in [0.1, 0.15) is 21.7 Å². The Bertz CT molecular complexity index is 1190. The first kappa shape index (κ1) is 22.1. The second kappa shape index (κ2) is 9.19. The van der Waals surface area contributed by atoms with E-state index in [-0.39, 0.29) is 24.0 Å². The lowest BCUT2D eigenvalue weighted by molar-refractivity contribution is -0.0512. The summed E-state index contributed by atoms with van der Waals surface area (Å²) in [6, 6.07) is 14.4. The second-order valence-electron chi connectivity index (χ2n) is 7.47. The van der Waals surface area contributed by atoms with Crippen molar-refractivity contribution in [3.05, 3.63) is 71.5 Å². The molecule has 10 heteroatoms. The molecule has 2 heterocycles. The number of carbonyl (C=O) groups is 2. The van der Waals surface area contributed by atoms with Crippen molar-refractivity contribution in [2.75, 3.05) is 17.6 Å². The molecule has 0 aliphatic carbocycles. The first-order valence-corrected chi connectivity index (χ1v) is 10.2. The maximum absolute atomic E-state index is 12.8. The van der Waals surface area contributed by atoms with Crippen LogP contribution >= 0.6 is 0 Å². The number of anilines is 2. The van der Waals surface area contributed by atoms with E-state index in [2.05, 4.69) is 10.1 Å². The molecule has 0 spiro atoms. The minimum atomic E-state index is -3.04. The normalized spacial score (nSPS) is 12.9. The zero-order chi connectivity index (χ0) is 23.5. The summed E-state index contributed by atoms with van der Waals surface area (Å²) in [5.41, 5.74) is 9.01. The van der Waals surface area contributed by atoms with Crippen LogP contribution in [0.5, 0.6) is 11.5 Å². The molecule has 8 nitrogen and oxygen atoms in total. The zero-order valence-corrected chi connectivity index (χ0v) is 17.8. The number of nitrogens with one attached hydrogen (secondary N) is 1. The smallest absolute Gasteiger partial charge is 0.415 e. The molecule has 0 radical (unpaired) electrons. The summed E-state index contributed by atoms with van der Waals surface area (Å²) >= 11 is 0. The van der Waals surface area contributed by atoms with Crippen LogP contribution < -0.4 is 20.5 Å². The van der Waals surface area contributed by atoms with E-state index in [9.17, 15) is 18.4 Å². The number of rotatable bonds is 5. The molecule has 0 bridgehead atoms. The number of nitrogen functional groups attached to an aromatic ring is 1. The summed E-state index contributed by atoms with van der Waals surface area (Å²) in [6.07, 6.45) is -0.200. The molecule has 0 saturated heterocycles. The second-order valence-corrected chi connectivity index (χ2v) is 7.47. The topological polar surface area (TPSA) is 98.8 Å². The number of para-hydroxylation sites is 4. The van der Waals surface area contributed by atoms with Gasteiger partial charge in [0.25, 0.3) is 5.91 Å². The van der Waals surface area contributed by atoms with E-state index >= 15 is 0 Å². The van der Waals surface area contributed by atoms with Gasteiger partial charge >= 0.3 is 12.7 Å². The number of benzene rings is 2. The number of hydrogen-bond donors (Lipinski definition) is 2. The van der Waals surface area contributed by atoms with Gasteiger partial charge in [0.1, 0.15) is 5.69 Å². The number of hydrogen-bond acceptors (Lipinski definition) is 5. The van der Waals surface area contributed by atoms with Crippen molar-refractivity contribution in [3.8, 4) is 11.5 Å². The van der Waals surface area contributed by atoms with Crippen molar-refractivity contribution in [2.45, 2.75) is 19.6 Å². The molecule has 172 valence electrons. The van der Waals surface area contributed by atoms with Crippen LogP contribution in [0.25, 0.3) is 0 Å². The Labute approximate surface area is 188 Å². The first-order chi connectivity index (χ1) is 15.8. The maximum atomic E-state index is 12.8. The Morgan fingerprint density at radius 1 is 1.09 bits per heavy atom. The predicted octanol–water partition coefficient (Wildman–Crippen LogP) is 4.02. The fourth-order valence-electron chi connectivity index (χ4n) is 3.75. The molecule has 1 aliphatic heterocycles. The lowest BCUT2D eigenvalue weighted by Gasteiger charge is -2.27. The lowest BCUT2D eigenvalue weighted by atomic mass is 10.1. The number of fused-ring (bicyclic) bond motifs is 1. The molecule has 2 amide bonds. The highest BCUT2D eigenvalue weighted by Gasteiger charge is 2.28. The van der Waals surface area contributed by atoms with Crippen molar-refractivity contribution in [3.63, 3.8) is 0 Å². The van der Waals surface area contributed by atoms with Crippen LogP contribution in [0, 0.1) is 0 Å². The summed E-state index contributed by atoms with van der Waals surface area (Å²) < 4.78 is 36.7. The summed E-state index contributed by atoms with van der Waals surface area (Å²) in [6.45, 7) is -2.49. The first-order valence-electron chi connectivity index (χ1n) is 10.2. The number of ether oxygens (including phenoxy) is 2. The molecule has 33 heavy (non-hydrogen) atoms. The van der Waals surface area contributed by atoms with Gasteiger partial charge in [0, 0.05) is 25.7 Å². The summed E-state index contributed by atoms with van der Waals surface area (Å²) in [4.78, 5) is 26.9. The van der Waals surface area contributed by atoms with E-state index in [1.807, 2.05) is 0 Å². The predicted molar refractivity (Wildman–Crippen MR) is 117 cm³/mol. The standard InChI is InChI=1S/C23H22F2N4O4/c1-28-17-10-11-29(23(31)33-20-9-5-4-8-19(20)32-22(24)25)13-14(17)12-18(28)21(30)27-16-7-3-2-6-15(16)26/h2-9,12,22H,10-11,13,26H2,1H3,(H,27,30). The molecule has 4 rings (SSSR count). The molecule has 2 aromatic carbocycles. The number of aromatic nitrogens is 1. The van der Waals surface area contributed by atoms with E-state index in [1.165, 1.54) is 23.1 Å². The van der Waals surface area contributed by atoms with Crippen LogP contribution in [-0.4, -0.2) is 34.6 Å². The monoisotopic (exact) mass is 456 g/mol. The van der Waals surface area contributed by atoms with Crippen molar-refractivity contribution >= 4 is 23.4 Å². The third-order valence-corrected chi connectivity index (χ3v) is 5.39. The van der Waals surface area contributed by atoms with Crippen LogP contribution in [0.4, 0.5) is 25.0 Å². The van der Waals surface area contributed by atoms with Crippen molar-refractivity contribution in [1.82, 2.24) is 9.47 Å². The molecular formula is C23H22F2N4O4. The minimum Gasteiger partial charge on any atom is -0.431 e. The number of alkyl halides is 2. The van der Waals surface area contributed by atoms with Gasteiger partial charge in [0.15, 0.2) is 11.5 Å². The third-order valence-electron chi connectivity index (χ3n) is 5.39. The van der Waals surface area contributed by atoms with Crippen LogP contribution in [-0.2, 0) is 20.0 Å². The van der Waals surface area contributed by atoms with Gasteiger partial charge in [-0.3, -0.25) is 4.79 Å². The Morgan fingerprint density at radius 2 is 1.79 bits per heavy atom. The molecule has 0 fully saturated rings. The molecule has 0 saturated carbocycles. The highest BCUT2D eigenvalue weighted by atomic mass is 19.3. The average molecular weight is 456 g/mol. The van der Waals surface area contributed by atoms with Gasteiger partial charge in [-0.2, -0.15) is 8.78 Å². The fraction of sp³-hybridized carbons (Fsp3) is 0.217.